The van der Waals surface area contributed by atoms with Crippen LogP contribution < -0.4 is 20.1 Å². The van der Waals surface area contributed by atoms with E-state index in [0.29, 0.717) is 28.9 Å². The van der Waals surface area contributed by atoms with Crippen molar-refractivity contribution in [1.82, 2.24) is 15.5 Å². The molecular formula is C23H26N4O4S2. The fourth-order valence-corrected chi connectivity index (χ4v) is 4.21. The van der Waals surface area contributed by atoms with E-state index in [-0.39, 0.29) is 22.6 Å². The molecule has 0 fully saturated rings. The van der Waals surface area contributed by atoms with Crippen LogP contribution in [-0.2, 0) is 11.3 Å². The van der Waals surface area contributed by atoms with Gasteiger partial charge in [0.25, 0.3) is 5.91 Å². The second-order valence-corrected chi connectivity index (χ2v) is 9.17. The first-order valence-corrected chi connectivity index (χ1v) is 12.3. The van der Waals surface area contributed by atoms with Crippen molar-refractivity contribution in [3.8, 4) is 11.5 Å². The summed E-state index contributed by atoms with van der Waals surface area (Å²) in [4.78, 5) is 24.5. The van der Waals surface area contributed by atoms with Crippen LogP contribution in [0, 0.1) is 0 Å². The Balaban J connectivity index is 1.40. The number of carbonyl (C=O) groups excluding carboxylic acids is 2. The minimum Gasteiger partial charge on any atom is -0.497 e. The second-order valence-electron chi connectivity index (χ2n) is 6.97. The zero-order chi connectivity index (χ0) is 23.5. The van der Waals surface area contributed by atoms with Crippen LogP contribution in [0.3, 0.4) is 0 Å². The number of unbranched alkanes of at least 4 members (excludes halogenated alkanes) is 1. The van der Waals surface area contributed by atoms with Crippen LogP contribution >= 0.6 is 23.1 Å². The van der Waals surface area contributed by atoms with Crippen molar-refractivity contribution in [3.05, 3.63) is 59.1 Å². The van der Waals surface area contributed by atoms with Crippen molar-refractivity contribution >= 4 is 40.6 Å². The molecule has 0 aliphatic heterocycles. The summed E-state index contributed by atoms with van der Waals surface area (Å²) in [5.41, 5.74) is 1.62. The van der Waals surface area contributed by atoms with Crippen molar-refractivity contribution in [2.75, 3.05) is 24.8 Å². The third kappa shape index (κ3) is 8.07. The minimum absolute atomic E-state index is 0.122. The van der Waals surface area contributed by atoms with E-state index < -0.39 is 0 Å². The number of nitrogens with zero attached hydrogens (tertiary/aromatic N) is 2. The molecular weight excluding hydrogens is 460 g/mol. The summed E-state index contributed by atoms with van der Waals surface area (Å²) in [6.45, 7) is 3.26. The van der Waals surface area contributed by atoms with E-state index >= 15 is 0 Å². The van der Waals surface area contributed by atoms with Crippen molar-refractivity contribution in [2.24, 2.45) is 0 Å². The Bertz CT molecular complexity index is 1040. The summed E-state index contributed by atoms with van der Waals surface area (Å²) in [6, 6.07) is 14.7. The fraction of sp³-hybridized carbons (Fsp3) is 0.304. The number of benzene rings is 2. The molecule has 2 N–H and O–H groups in total. The quantitative estimate of drug-likeness (QED) is 0.289. The lowest BCUT2D eigenvalue weighted by molar-refractivity contribution is -0.118. The Morgan fingerprint density at radius 1 is 1.03 bits per heavy atom. The summed E-state index contributed by atoms with van der Waals surface area (Å²) < 4.78 is 11.3. The van der Waals surface area contributed by atoms with E-state index in [1.807, 2.05) is 24.3 Å². The largest absolute Gasteiger partial charge is 0.497 e. The number of carbonyl (C=O) groups is 2. The number of nitrogens with one attached hydrogen (secondary N) is 2. The van der Waals surface area contributed by atoms with Crippen molar-refractivity contribution in [3.63, 3.8) is 0 Å². The molecule has 3 aromatic rings. The first-order chi connectivity index (χ1) is 16.1. The van der Waals surface area contributed by atoms with E-state index in [4.69, 9.17) is 9.47 Å². The predicted molar refractivity (Wildman–Crippen MR) is 130 cm³/mol. The first kappa shape index (κ1) is 24.5. The molecule has 10 heteroatoms. The smallest absolute Gasteiger partial charge is 0.286 e. The normalized spacial score (nSPS) is 10.5. The molecule has 2 amide bonds. The number of thioether (sulfide) groups is 1. The topological polar surface area (TPSA) is 102 Å². The Morgan fingerprint density at radius 3 is 2.45 bits per heavy atom. The average molecular weight is 487 g/mol. The fourth-order valence-electron chi connectivity index (χ4n) is 2.64. The van der Waals surface area contributed by atoms with Crippen LogP contribution in [0.4, 0.5) is 5.69 Å². The number of methoxy groups -OCH3 is 1. The molecule has 0 aliphatic carbocycles. The average Bonchev–Trinajstić information content (AvgIpc) is 3.32. The van der Waals surface area contributed by atoms with Crippen LogP contribution in [0.15, 0.2) is 52.9 Å². The van der Waals surface area contributed by atoms with Gasteiger partial charge in [0.1, 0.15) is 11.5 Å². The number of aromatic nitrogens is 2. The Morgan fingerprint density at radius 2 is 1.76 bits per heavy atom. The SMILES string of the molecule is CCCCOc1ccc(CNC(=O)CSc2nnc(C(=O)Nc3ccc(OC)cc3)s2)cc1. The maximum absolute atomic E-state index is 12.3. The lowest BCUT2D eigenvalue weighted by Gasteiger charge is -2.07. The van der Waals surface area contributed by atoms with Gasteiger partial charge >= 0.3 is 0 Å². The van der Waals surface area contributed by atoms with Gasteiger partial charge < -0.3 is 20.1 Å². The summed E-state index contributed by atoms with van der Waals surface area (Å²) >= 11 is 2.39. The maximum atomic E-state index is 12.3. The van der Waals surface area contributed by atoms with E-state index in [1.54, 1.807) is 31.4 Å². The number of anilines is 1. The molecule has 1 aromatic heterocycles. The molecule has 0 bridgehead atoms. The van der Waals surface area contributed by atoms with Gasteiger partial charge in [-0.25, -0.2) is 0 Å². The molecule has 0 saturated carbocycles. The zero-order valence-electron chi connectivity index (χ0n) is 18.5. The van der Waals surface area contributed by atoms with Crippen LogP contribution in [0.25, 0.3) is 0 Å². The lowest BCUT2D eigenvalue weighted by Crippen LogP contribution is -2.24. The van der Waals surface area contributed by atoms with Crippen LogP contribution in [0.2, 0.25) is 0 Å². The van der Waals surface area contributed by atoms with Gasteiger partial charge in [-0.15, -0.1) is 10.2 Å². The molecule has 0 saturated heterocycles. The molecule has 3 rings (SSSR count). The molecule has 0 atom stereocenters. The molecule has 8 nitrogen and oxygen atoms in total. The Hall–Kier alpha value is -3.11. The first-order valence-electron chi connectivity index (χ1n) is 10.5. The van der Waals surface area contributed by atoms with Crippen LogP contribution in [0.1, 0.15) is 35.1 Å². The number of amides is 2. The highest BCUT2D eigenvalue weighted by atomic mass is 32.2. The predicted octanol–water partition coefficient (Wildman–Crippen LogP) is 4.39. The van der Waals surface area contributed by atoms with Gasteiger partial charge in [-0.2, -0.15) is 0 Å². The number of hydrogen-bond acceptors (Lipinski definition) is 8. The van der Waals surface area contributed by atoms with Gasteiger partial charge in [0.15, 0.2) is 4.34 Å². The zero-order valence-corrected chi connectivity index (χ0v) is 20.1. The van der Waals surface area contributed by atoms with Crippen molar-refractivity contribution in [1.29, 1.82) is 0 Å². The number of hydrogen-bond donors (Lipinski definition) is 2. The standard InChI is InChI=1S/C23H26N4O4S2/c1-3-4-13-31-19-9-5-16(6-10-19)14-24-20(28)15-32-23-27-26-22(33-23)21(29)25-17-7-11-18(30-2)12-8-17/h5-12H,3-4,13-15H2,1-2H3,(H,24,28)(H,25,29). The van der Waals surface area contributed by atoms with E-state index in [2.05, 4.69) is 27.8 Å². The van der Waals surface area contributed by atoms with Crippen LogP contribution in [0.5, 0.6) is 11.5 Å². The molecule has 2 aromatic carbocycles. The minimum atomic E-state index is -0.351. The third-order valence-corrected chi connectivity index (χ3v) is 6.51. The highest BCUT2D eigenvalue weighted by Gasteiger charge is 2.14. The molecule has 0 aliphatic rings. The van der Waals surface area contributed by atoms with E-state index in [1.165, 1.54) is 11.8 Å². The Kier molecular flexibility index (Phi) is 9.52. The molecule has 174 valence electrons. The number of rotatable bonds is 12. The summed E-state index contributed by atoms with van der Waals surface area (Å²) in [5.74, 6) is 1.25. The third-order valence-electron chi connectivity index (χ3n) is 4.45. The lowest BCUT2D eigenvalue weighted by atomic mass is 10.2. The van der Waals surface area contributed by atoms with Crippen LogP contribution in [-0.4, -0.2) is 41.5 Å². The molecule has 0 spiro atoms. The van der Waals surface area contributed by atoms with Gasteiger partial charge in [-0.3, -0.25) is 9.59 Å². The van der Waals surface area contributed by atoms with Crippen molar-refractivity contribution < 1.29 is 19.1 Å². The van der Waals surface area contributed by atoms with Gasteiger partial charge in [-0.05, 0) is 48.4 Å². The molecule has 0 unspecified atom stereocenters. The van der Waals surface area contributed by atoms with Gasteiger partial charge in [0, 0.05) is 12.2 Å². The summed E-state index contributed by atoms with van der Waals surface area (Å²) in [6.07, 6.45) is 2.12. The maximum Gasteiger partial charge on any atom is 0.286 e. The highest BCUT2D eigenvalue weighted by molar-refractivity contribution is 8.01. The number of ether oxygens (including phenoxy) is 2. The van der Waals surface area contributed by atoms with Gasteiger partial charge in [0.05, 0.1) is 19.5 Å². The molecule has 1 heterocycles. The summed E-state index contributed by atoms with van der Waals surface area (Å²) in [5, 5.41) is 13.8. The van der Waals surface area contributed by atoms with Gasteiger partial charge in [-0.1, -0.05) is 48.6 Å². The summed E-state index contributed by atoms with van der Waals surface area (Å²) in [7, 11) is 1.58. The van der Waals surface area contributed by atoms with Gasteiger partial charge in [0.2, 0.25) is 10.9 Å². The van der Waals surface area contributed by atoms with E-state index in [9.17, 15) is 9.59 Å². The van der Waals surface area contributed by atoms with E-state index in [0.717, 1.165) is 35.5 Å². The Labute approximate surface area is 201 Å². The second kappa shape index (κ2) is 12.8. The monoisotopic (exact) mass is 486 g/mol. The van der Waals surface area contributed by atoms with Crippen molar-refractivity contribution in [2.45, 2.75) is 30.6 Å². The molecule has 0 radical (unpaired) electrons. The molecule has 33 heavy (non-hydrogen) atoms. The highest BCUT2D eigenvalue weighted by Crippen LogP contribution is 2.23.